The number of hydrogen-bond donors (Lipinski definition) is 1. The number of nitrogens with one attached hydrogen (secondary N) is 1. The van der Waals surface area contributed by atoms with Gasteiger partial charge in [-0.25, -0.2) is 9.97 Å². The zero-order valence-electron chi connectivity index (χ0n) is 12.9. The Balaban J connectivity index is 1.40. The van der Waals surface area contributed by atoms with Crippen molar-refractivity contribution in [1.82, 2.24) is 19.7 Å². The quantitative estimate of drug-likeness (QED) is 0.594. The highest BCUT2D eigenvalue weighted by Gasteiger charge is 2.15. The lowest BCUT2D eigenvalue weighted by molar-refractivity contribution is -0.120. The van der Waals surface area contributed by atoms with Crippen molar-refractivity contribution in [2.45, 2.75) is 19.9 Å². The number of aromatic nitrogens is 3. The van der Waals surface area contributed by atoms with Crippen LogP contribution in [0, 0.1) is 6.92 Å². The number of carbonyl (C=O) groups is 1. The minimum Gasteiger partial charge on any atom is -0.440 e. The Morgan fingerprint density at radius 1 is 1.33 bits per heavy atom. The van der Waals surface area contributed by atoms with Gasteiger partial charge < -0.3 is 9.73 Å². The van der Waals surface area contributed by atoms with Gasteiger partial charge in [0.25, 0.3) is 0 Å². The number of thiazole rings is 1. The summed E-state index contributed by atoms with van der Waals surface area (Å²) in [6.45, 7) is 2.23. The van der Waals surface area contributed by atoms with Crippen LogP contribution >= 0.6 is 22.7 Å². The topological polar surface area (TPSA) is 72.4 Å². The van der Waals surface area contributed by atoms with E-state index in [9.17, 15) is 4.79 Å². The Morgan fingerprint density at radius 3 is 3.04 bits per heavy atom. The highest BCUT2D eigenvalue weighted by Crippen LogP contribution is 2.26. The first-order valence-electron chi connectivity index (χ1n) is 7.37. The molecule has 6 nitrogen and oxygen atoms in total. The molecule has 8 heteroatoms. The lowest BCUT2D eigenvalue weighted by Gasteiger charge is -2.01. The Morgan fingerprint density at radius 2 is 2.25 bits per heavy atom. The molecule has 24 heavy (non-hydrogen) atoms. The van der Waals surface area contributed by atoms with Crippen LogP contribution in [-0.2, 0) is 17.8 Å². The van der Waals surface area contributed by atoms with Crippen LogP contribution < -0.4 is 5.32 Å². The maximum absolute atomic E-state index is 12.2. The largest absolute Gasteiger partial charge is 0.440 e. The van der Waals surface area contributed by atoms with E-state index in [2.05, 4.69) is 15.3 Å². The van der Waals surface area contributed by atoms with E-state index in [1.54, 1.807) is 22.7 Å². The van der Waals surface area contributed by atoms with Crippen molar-refractivity contribution in [3.05, 3.63) is 52.4 Å². The van der Waals surface area contributed by atoms with Gasteiger partial charge in [-0.2, -0.15) is 0 Å². The summed E-state index contributed by atoms with van der Waals surface area (Å²) in [4.78, 5) is 22.9. The van der Waals surface area contributed by atoms with E-state index in [1.807, 2.05) is 46.6 Å². The zero-order valence-corrected chi connectivity index (χ0v) is 14.5. The molecular formula is C16H14N4O2S2. The van der Waals surface area contributed by atoms with Crippen LogP contribution in [0.2, 0.25) is 0 Å². The molecule has 0 aliphatic heterocycles. The molecule has 4 aromatic rings. The number of carbonyl (C=O) groups excluding carboxylic acids is 1. The molecule has 1 N–H and O–H groups in total. The van der Waals surface area contributed by atoms with Crippen LogP contribution in [0.25, 0.3) is 15.7 Å². The summed E-state index contributed by atoms with van der Waals surface area (Å²) in [5.41, 5.74) is 1.51. The normalized spacial score (nSPS) is 11.2. The van der Waals surface area contributed by atoms with Gasteiger partial charge in [-0.05, 0) is 18.4 Å². The summed E-state index contributed by atoms with van der Waals surface area (Å²) >= 11 is 3.13. The van der Waals surface area contributed by atoms with Crippen molar-refractivity contribution in [1.29, 1.82) is 0 Å². The number of fused-ring (bicyclic) bond motifs is 1. The molecule has 122 valence electrons. The fourth-order valence-corrected chi connectivity index (χ4v) is 3.73. The van der Waals surface area contributed by atoms with Gasteiger partial charge in [-0.1, -0.05) is 6.07 Å². The second-order valence-corrected chi connectivity index (χ2v) is 7.10. The van der Waals surface area contributed by atoms with E-state index >= 15 is 0 Å². The smallest absolute Gasteiger partial charge is 0.236 e. The Labute approximate surface area is 145 Å². The fraction of sp³-hybridized carbons (Fsp3) is 0.188. The minimum atomic E-state index is -0.0968. The van der Waals surface area contributed by atoms with Gasteiger partial charge in [0, 0.05) is 17.8 Å². The van der Waals surface area contributed by atoms with Gasteiger partial charge in [-0.15, -0.1) is 22.7 Å². The number of imidazole rings is 1. The van der Waals surface area contributed by atoms with Crippen LogP contribution in [0.3, 0.4) is 0 Å². The molecular weight excluding hydrogens is 344 g/mol. The molecule has 0 aromatic carbocycles. The monoisotopic (exact) mass is 358 g/mol. The van der Waals surface area contributed by atoms with Crippen LogP contribution in [0.1, 0.15) is 17.1 Å². The molecule has 4 heterocycles. The third kappa shape index (κ3) is 2.98. The Kier molecular flexibility index (Phi) is 3.91. The van der Waals surface area contributed by atoms with Gasteiger partial charge >= 0.3 is 0 Å². The van der Waals surface area contributed by atoms with Crippen molar-refractivity contribution >= 4 is 33.5 Å². The summed E-state index contributed by atoms with van der Waals surface area (Å²) in [5.74, 6) is 1.15. The number of oxazole rings is 1. The third-order valence-electron chi connectivity index (χ3n) is 3.56. The van der Waals surface area contributed by atoms with E-state index in [4.69, 9.17) is 4.42 Å². The van der Waals surface area contributed by atoms with Gasteiger partial charge in [0.05, 0.1) is 29.2 Å². The fourth-order valence-electron chi connectivity index (χ4n) is 2.36. The van der Waals surface area contributed by atoms with Crippen LogP contribution in [-0.4, -0.2) is 20.3 Å². The van der Waals surface area contributed by atoms with E-state index < -0.39 is 0 Å². The number of aryl methyl sites for hydroxylation is 1. The van der Waals surface area contributed by atoms with Crippen molar-refractivity contribution in [3.63, 3.8) is 0 Å². The standard InChI is InChI=1S/C16H14N4O2S2/c1-10-12(19-15(22-10)13-3-2-5-23-13)7-14(21)17-8-11-9-20-4-6-24-16(20)18-11/h2-6,9H,7-8H2,1H3,(H,17,21). The van der Waals surface area contributed by atoms with Crippen LogP contribution in [0.5, 0.6) is 0 Å². The molecule has 4 rings (SSSR count). The van der Waals surface area contributed by atoms with Crippen molar-refractivity contribution < 1.29 is 9.21 Å². The van der Waals surface area contributed by atoms with Gasteiger partial charge in [0.15, 0.2) is 4.96 Å². The molecule has 0 unspecified atom stereocenters. The lowest BCUT2D eigenvalue weighted by atomic mass is 10.2. The molecule has 4 aromatic heterocycles. The zero-order chi connectivity index (χ0) is 16.5. The highest BCUT2D eigenvalue weighted by atomic mass is 32.1. The average molecular weight is 358 g/mol. The number of hydrogen-bond acceptors (Lipinski definition) is 6. The summed E-state index contributed by atoms with van der Waals surface area (Å²) in [6, 6.07) is 3.89. The van der Waals surface area contributed by atoms with E-state index in [-0.39, 0.29) is 12.3 Å². The predicted molar refractivity (Wildman–Crippen MR) is 93.2 cm³/mol. The van der Waals surface area contributed by atoms with Crippen molar-refractivity contribution in [2.24, 2.45) is 0 Å². The molecule has 0 saturated carbocycles. The maximum Gasteiger partial charge on any atom is 0.236 e. The third-order valence-corrected chi connectivity index (χ3v) is 5.19. The summed E-state index contributed by atoms with van der Waals surface area (Å²) in [6.07, 6.45) is 4.06. The van der Waals surface area contributed by atoms with Gasteiger partial charge in [0.2, 0.25) is 11.8 Å². The molecule has 0 fully saturated rings. The molecule has 1 amide bonds. The molecule has 0 radical (unpaired) electrons. The second kappa shape index (κ2) is 6.21. The molecule has 0 spiro atoms. The summed E-state index contributed by atoms with van der Waals surface area (Å²) < 4.78 is 7.60. The number of rotatable bonds is 5. The van der Waals surface area contributed by atoms with E-state index in [1.165, 1.54) is 0 Å². The first kappa shape index (κ1) is 15.1. The number of amides is 1. The number of thiophene rings is 1. The second-order valence-electron chi connectivity index (χ2n) is 5.28. The van der Waals surface area contributed by atoms with E-state index in [0.29, 0.717) is 23.9 Å². The molecule has 0 bridgehead atoms. The Hall–Kier alpha value is -2.45. The lowest BCUT2D eigenvalue weighted by Crippen LogP contribution is -2.25. The van der Waals surface area contributed by atoms with Crippen molar-refractivity contribution in [2.75, 3.05) is 0 Å². The SMILES string of the molecule is Cc1oc(-c2cccs2)nc1CC(=O)NCc1cn2ccsc2n1. The van der Waals surface area contributed by atoms with Gasteiger partial charge in [-0.3, -0.25) is 9.20 Å². The van der Waals surface area contributed by atoms with E-state index in [0.717, 1.165) is 15.5 Å². The summed E-state index contributed by atoms with van der Waals surface area (Å²) in [7, 11) is 0. The average Bonchev–Trinajstić information content (AvgIpc) is 3.29. The summed E-state index contributed by atoms with van der Waals surface area (Å²) in [5, 5.41) is 6.82. The maximum atomic E-state index is 12.2. The van der Waals surface area contributed by atoms with Crippen LogP contribution in [0.15, 0.2) is 39.7 Å². The predicted octanol–water partition coefficient (Wildman–Crippen LogP) is 3.28. The molecule has 0 aliphatic rings. The first-order valence-corrected chi connectivity index (χ1v) is 9.13. The molecule has 0 aliphatic carbocycles. The van der Waals surface area contributed by atoms with Crippen LogP contribution in [0.4, 0.5) is 0 Å². The first-order chi connectivity index (χ1) is 11.7. The molecule has 0 atom stereocenters. The molecule has 0 saturated heterocycles. The van der Waals surface area contributed by atoms with Gasteiger partial charge in [0.1, 0.15) is 5.76 Å². The Bertz CT molecular complexity index is 953. The highest BCUT2D eigenvalue weighted by molar-refractivity contribution is 7.15. The minimum absolute atomic E-state index is 0.0968. The number of nitrogens with zero attached hydrogens (tertiary/aromatic N) is 3. The van der Waals surface area contributed by atoms with Crippen molar-refractivity contribution in [3.8, 4) is 10.8 Å².